The minimum Gasteiger partial charge on any atom is -0.491 e. The van der Waals surface area contributed by atoms with Crippen LogP contribution in [0.1, 0.15) is 40.2 Å². The average Bonchev–Trinajstić information content (AvgIpc) is 2.24. The van der Waals surface area contributed by atoms with E-state index in [1.165, 1.54) is 0 Å². The summed E-state index contributed by atoms with van der Waals surface area (Å²) in [5.74, 6) is 0.801. The molecule has 18 heavy (non-hydrogen) atoms. The molecule has 0 aliphatic rings. The molecule has 0 radical (unpaired) electrons. The summed E-state index contributed by atoms with van der Waals surface area (Å²) in [4.78, 5) is 0. The van der Waals surface area contributed by atoms with Gasteiger partial charge in [0, 0.05) is 6.21 Å². The minimum atomic E-state index is -1.23. The van der Waals surface area contributed by atoms with E-state index in [4.69, 9.17) is 4.74 Å². The van der Waals surface area contributed by atoms with Gasteiger partial charge in [0.15, 0.2) is 0 Å². The fraction of sp³-hybridized carbons (Fsp3) is 0.500. The zero-order valence-corrected chi connectivity index (χ0v) is 12.5. The van der Waals surface area contributed by atoms with E-state index in [0.717, 1.165) is 11.3 Å². The Bertz CT molecular complexity index is 447. The Hall–Kier alpha value is -1.16. The molecule has 3 nitrogen and oxygen atoms in total. The van der Waals surface area contributed by atoms with E-state index in [0.29, 0.717) is 0 Å². The molecule has 0 amide bonds. The summed E-state index contributed by atoms with van der Waals surface area (Å²) in [6, 6.07) is 7.61. The maximum atomic E-state index is 11.8. The molecule has 0 aliphatic heterocycles. The van der Waals surface area contributed by atoms with Crippen LogP contribution in [0, 0.1) is 0 Å². The number of nitrogens with zero attached hydrogens (tertiary/aromatic N) is 1. The number of benzene rings is 1. The smallest absolute Gasteiger partial charge is 0.144 e. The lowest BCUT2D eigenvalue weighted by Gasteiger charge is -2.13. The van der Waals surface area contributed by atoms with E-state index < -0.39 is 11.0 Å². The molecule has 0 unspecified atom stereocenters. The topological polar surface area (TPSA) is 38.7 Å². The maximum absolute atomic E-state index is 11.8. The first kappa shape index (κ1) is 14.9. The molecule has 4 heteroatoms. The number of rotatable bonds is 4. The van der Waals surface area contributed by atoms with E-state index in [2.05, 4.69) is 4.40 Å². The zero-order chi connectivity index (χ0) is 13.8. The third kappa shape index (κ3) is 5.00. The molecule has 1 atom stereocenters. The lowest BCUT2D eigenvalue weighted by Crippen LogP contribution is -2.19. The van der Waals surface area contributed by atoms with Gasteiger partial charge in [-0.05, 0) is 52.3 Å². The lowest BCUT2D eigenvalue weighted by molar-refractivity contribution is 0.242. The summed E-state index contributed by atoms with van der Waals surface area (Å²) in [7, 11) is -1.23. The summed E-state index contributed by atoms with van der Waals surface area (Å²) in [6.45, 7) is 9.67. The third-order valence-corrected chi connectivity index (χ3v) is 3.40. The molecule has 0 fully saturated rings. The summed E-state index contributed by atoms with van der Waals surface area (Å²) < 4.78 is 21.1. The largest absolute Gasteiger partial charge is 0.491 e. The van der Waals surface area contributed by atoms with Gasteiger partial charge in [0.05, 0.1) is 10.9 Å². The van der Waals surface area contributed by atoms with Crippen LogP contribution in [0.5, 0.6) is 5.75 Å². The van der Waals surface area contributed by atoms with Crippen LogP contribution in [-0.2, 0) is 11.0 Å². The van der Waals surface area contributed by atoms with Gasteiger partial charge < -0.3 is 4.74 Å². The van der Waals surface area contributed by atoms with Gasteiger partial charge in [0.25, 0.3) is 0 Å². The molecule has 1 rings (SSSR count). The summed E-state index contributed by atoms with van der Waals surface area (Å²) >= 11 is 0. The Morgan fingerprint density at radius 2 is 2.00 bits per heavy atom. The fourth-order valence-electron chi connectivity index (χ4n) is 1.21. The first-order valence-electron chi connectivity index (χ1n) is 6.02. The maximum Gasteiger partial charge on any atom is 0.144 e. The van der Waals surface area contributed by atoms with E-state index in [1.54, 1.807) is 6.21 Å². The molecule has 0 N–H and O–H groups in total. The summed E-state index contributed by atoms with van der Waals surface area (Å²) in [5.41, 5.74) is 0.894. The first-order valence-corrected chi connectivity index (χ1v) is 7.12. The van der Waals surface area contributed by atoms with Crippen LogP contribution in [-0.4, -0.2) is 21.3 Å². The van der Waals surface area contributed by atoms with E-state index in [-0.39, 0.29) is 10.9 Å². The molecular formula is C14H21NO2S. The summed E-state index contributed by atoms with van der Waals surface area (Å²) in [6.07, 6.45) is 1.77. The van der Waals surface area contributed by atoms with E-state index >= 15 is 0 Å². The van der Waals surface area contributed by atoms with Crippen molar-refractivity contribution in [1.82, 2.24) is 0 Å². The van der Waals surface area contributed by atoms with Crippen molar-refractivity contribution in [3.8, 4) is 5.75 Å². The number of hydrogen-bond donors (Lipinski definition) is 0. The zero-order valence-electron chi connectivity index (χ0n) is 11.6. The SMILES string of the molecule is CC(C)Oc1cccc(/C=N/[S@](=O)C(C)(C)C)c1. The van der Waals surface area contributed by atoms with Gasteiger partial charge in [0.1, 0.15) is 16.7 Å². The van der Waals surface area contributed by atoms with Crippen molar-refractivity contribution in [3.63, 3.8) is 0 Å². The van der Waals surface area contributed by atoms with E-state index in [9.17, 15) is 4.21 Å². The van der Waals surface area contributed by atoms with Gasteiger partial charge in [-0.25, -0.2) is 4.21 Å². The second kappa shape index (κ2) is 6.14. The van der Waals surface area contributed by atoms with E-state index in [1.807, 2.05) is 58.9 Å². The number of hydrogen-bond acceptors (Lipinski definition) is 2. The van der Waals surface area contributed by atoms with Crippen LogP contribution in [0.2, 0.25) is 0 Å². The van der Waals surface area contributed by atoms with Crippen molar-refractivity contribution < 1.29 is 8.95 Å². The van der Waals surface area contributed by atoms with Gasteiger partial charge in [-0.1, -0.05) is 12.1 Å². The van der Waals surface area contributed by atoms with Crippen molar-refractivity contribution in [2.24, 2.45) is 4.40 Å². The standard InChI is InChI=1S/C14H21NO2S/c1-11(2)17-13-8-6-7-12(9-13)10-15-18(16)14(3,4)5/h6-11H,1-5H3/b15-10+/t18-/m1/s1. The molecule has 0 saturated carbocycles. The monoisotopic (exact) mass is 267 g/mol. The van der Waals surface area contributed by atoms with Crippen LogP contribution in [0.4, 0.5) is 0 Å². The van der Waals surface area contributed by atoms with Crippen molar-refractivity contribution in [2.75, 3.05) is 0 Å². The molecule has 0 saturated heterocycles. The quantitative estimate of drug-likeness (QED) is 0.785. The normalized spacial score (nSPS) is 14.1. The van der Waals surface area contributed by atoms with Crippen molar-refractivity contribution >= 4 is 17.2 Å². The third-order valence-electron chi connectivity index (χ3n) is 2.05. The molecule has 100 valence electrons. The molecule has 0 bridgehead atoms. The Labute approximate surface area is 112 Å². The predicted octanol–water partition coefficient (Wildman–Crippen LogP) is 3.35. The van der Waals surface area contributed by atoms with Gasteiger partial charge in [-0.15, -0.1) is 0 Å². The van der Waals surface area contributed by atoms with Crippen LogP contribution >= 0.6 is 0 Å². The second-order valence-electron chi connectivity index (χ2n) is 5.34. The summed E-state index contributed by atoms with van der Waals surface area (Å²) in [5, 5.41) is 0. The molecule has 1 aromatic carbocycles. The molecule has 0 aromatic heterocycles. The van der Waals surface area contributed by atoms with Crippen molar-refractivity contribution in [1.29, 1.82) is 0 Å². The number of ether oxygens (including phenoxy) is 1. The lowest BCUT2D eigenvalue weighted by atomic mass is 10.2. The molecular weight excluding hydrogens is 246 g/mol. The van der Waals surface area contributed by atoms with Crippen molar-refractivity contribution in [2.45, 2.75) is 45.5 Å². The van der Waals surface area contributed by atoms with Gasteiger partial charge >= 0.3 is 0 Å². The fourth-order valence-corrected chi connectivity index (χ4v) is 1.74. The molecule has 0 spiro atoms. The highest BCUT2D eigenvalue weighted by atomic mass is 32.2. The Morgan fingerprint density at radius 1 is 1.33 bits per heavy atom. The van der Waals surface area contributed by atoms with Gasteiger partial charge in [-0.3, -0.25) is 0 Å². The highest BCUT2D eigenvalue weighted by molar-refractivity contribution is 7.85. The predicted molar refractivity (Wildman–Crippen MR) is 77.7 cm³/mol. The second-order valence-corrected chi connectivity index (χ2v) is 7.27. The average molecular weight is 267 g/mol. The van der Waals surface area contributed by atoms with Gasteiger partial charge in [0.2, 0.25) is 0 Å². The molecule has 0 aliphatic carbocycles. The highest BCUT2D eigenvalue weighted by Gasteiger charge is 2.18. The van der Waals surface area contributed by atoms with Crippen LogP contribution in [0.25, 0.3) is 0 Å². The van der Waals surface area contributed by atoms with Crippen LogP contribution in [0.15, 0.2) is 28.7 Å². The van der Waals surface area contributed by atoms with Crippen LogP contribution < -0.4 is 4.74 Å². The Kier molecular flexibility index (Phi) is 5.08. The molecule has 1 aromatic rings. The highest BCUT2D eigenvalue weighted by Crippen LogP contribution is 2.15. The minimum absolute atomic E-state index is 0.140. The first-order chi connectivity index (χ1) is 8.29. The van der Waals surface area contributed by atoms with Gasteiger partial charge in [-0.2, -0.15) is 4.40 Å². The Morgan fingerprint density at radius 3 is 2.56 bits per heavy atom. The van der Waals surface area contributed by atoms with Crippen LogP contribution in [0.3, 0.4) is 0 Å². The molecule has 0 heterocycles. The van der Waals surface area contributed by atoms with Crippen molar-refractivity contribution in [3.05, 3.63) is 29.8 Å². The Balaban J connectivity index is 2.79.